The van der Waals surface area contributed by atoms with E-state index in [-0.39, 0.29) is 39.6 Å². The number of nitrogens with zero attached hydrogens (tertiary/aromatic N) is 2. The molecular weight excluding hydrogens is 810 g/mol. The lowest BCUT2D eigenvalue weighted by atomic mass is 9.76. The number of hydrazone groups is 1. The molecule has 0 fully saturated rings. The van der Waals surface area contributed by atoms with Crippen LogP contribution in [0.4, 0.5) is 22.7 Å². The molecule has 1 aliphatic rings. The van der Waals surface area contributed by atoms with Crippen LogP contribution in [0.2, 0.25) is 5.02 Å². The number of anilines is 4. The van der Waals surface area contributed by atoms with Gasteiger partial charge in [-0.25, -0.2) is 0 Å². The van der Waals surface area contributed by atoms with Gasteiger partial charge in [0.05, 0.1) is 27.7 Å². The summed E-state index contributed by atoms with van der Waals surface area (Å²) < 4.78 is 6.12. The Morgan fingerprint density at radius 3 is 2.10 bits per heavy atom. The van der Waals surface area contributed by atoms with Gasteiger partial charge >= 0.3 is 0 Å². The normalized spacial score (nSPS) is 13.2. The summed E-state index contributed by atoms with van der Waals surface area (Å²) in [5.74, 6) is -0.994. The second kappa shape index (κ2) is 20.1. The number of nitrogens with one attached hydrogen (secondary N) is 3. The first-order valence-electron chi connectivity index (χ1n) is 21.5. The number of benzene rings is 5. The second-order valence-corrected chi connectivity index (χ2v) is 17.3. The minimum atomic E-state index is -0.698. The molecule has 0 spiro atoms. The summed E-state index contributed by atoms with van der Waals surface area (Å²) in [6.45, 7) is 15.5. The molecule has 0 aliphatic heterocycles. The first-order valence-corrected chi connectivity index (χ1v) is 21.9. The molecule has 0 aromatic heterocycles. The molecule has 0 saturated heterocycles. The van der Waals surface area contributed by atoms with Gasteiger partial charge < -0.3 is 20.3 Å². The Bertz CT molecular complexity index is 2550. The van der Waals surface area contributed by atoms with Crippen molar-refractivity contribution >= 4 is 63.6 Å². The lowest BCUT2D eigenvalue weighted by Crippen LogP contribution is -2.31. The van der Waals surface area contributed by atoms with Crippen LogP contribution >= 0.6 is 11.6 Å². The Morgan fingerprint density at radius 1 is 0.746 bits per heavy atom. The number of unbranched alkanes of at least 4 members (excludes halogenated alkanes) is 1. The largest absolute Gasteiger partial charge is 0.483 e. The van der Waals surface area contributed by atoms with Crippen LogP contribution < -0.4 is 25.7 Å². The highest BCUT2D eigenvalue weighted by atomic mass is 35.5. The van der Waals surface area contributed by atoms with Gasteiger partial charge in [0.2, 0.25) is 0 Å². The molecule has 10 nitrogen and oxygen atoms in total. The van der Waals surface area contributed by atoms with Crippen LogP contribution in [0.3, 0.4) is 0 Å². The minimum Gasteiger partial charge on any atom is -0.483 e. The van der Waals surface area contributed by atoms with Crippen molar-refractivity contribution in [2.24, 2.45) is 5.10 Å². The molecule has 63 heavy (non-hydrogen) atoms. The molecule has 11 heteroatoms. The third kappa shape index (κ3) is 10.9. The molecule has 0 heterocycles. The quantitative estimate of drug-likeness (QED) is 0.0630. The SMILES string of the molecule is CCCCN(C(=O)c1ccccc1)c1ccc(NN=C2C=C(C(=O)Nc3cc(NC(=O)COc4ccc(C(C)(C)CC)cc4C(C)(C)CC)ccc3Cl)C(=O)c3ccccc32)cc1. The van der Waals surface area contributed by atoms with Crippen LogP contribution in [0.5, 0.6) is 5.75 Å². The minimum absolute atomic E-state index is 0.00654. The molecule has 3 amide bonds. The molecule has 0 unspecified atom stereocenters. The third-order valence-corrected chi connectivity index (χ3v) is 12.1. The number of fused-ring (bicyclic) bond motifs is 1. The summed E-state index contributed by atoms with van der Waals surface area (Å²) in [6, 6.07) is 34.4. The maximum absolute atomic E-state index is 13.9. The Labute approximate surface area is 375 Å². The predicted octanol–water partition coefficient (Wildman–Crippen LogP) is 11.8. The molecule has 326 valence electrons. The van der Waals surface area contributed by atoms with Crippen molar-refractivity contribution in [1.29, 1.82) is 0 Å². The van der Waals surface area contributed by atoms with Gasteiger partial charge in [-0.2, -0.15) is 5.10 Å². The average Bonchev–Trinajstić information content (AvgIpc) is 3.29. The lowest BCUT2D eigenvalue weighted by molar-refractivity contribution is -0.118. The lowest BCUT2D eigenvalue weighted by Gasteiger charge is -2.30. The summed E-state index contributed by atoms with van der Waals surface area (Å²) >= 11 is 6.54. The number of carbonyl (C=O) groups excluding carboxylic acids is 4. The van der Waals surface area contributed by atoms with Gasteiger partial charge in [-0.1, -0.05) is 121 Å². The van der Waals surface area contributed by atoms with E-state index in [1.54, 1.807) is 41.3 Å². The Balaban J connectivity index is 1.16. The van der Waals surface area contributed by atoms with Crippen molar-refractivity contribution in [1.82, 2.24) is 0 Å². The number of hydrogen-bond acceptors (Lipinski definition) is 7. The number of carbonyl (C=O) groups is 4. The Kier molecular flexibility index (Phi) is 14.7. The van der Waals surface area contributed by atoms with Crippen LogP contribution in [0, 0.1) is 0 Å². The molecular formula is C52H56ClN5O5. The maximum atomic E-state index is 13.9. The summed E-state index contributed by atoms with van der Waals surface area (Å²) in [7, 11) is 0. The van der Waals surface area contributed by atoms with E-state index < -0.39 is 17.6 Å². The molecule has 0 saturated carbocycles. The van der Waals surface area contributed by atoms with Crippen molar-refractivity contribution < 1.29 is 23.9 Å². The molecule has 6 rings (SSSR count). The number of ether oxygens (including phenoxy) is 1. The number of hydrogen-bond donors (Lipinski definition) is 3. The van der Waals surface area contributed by atoms with Crippen LogP contribution in [0.15, 0.2) is 132 Å². The topological polar surface area (TPSA) is 129 Å². The zero-order valence-electron chi connectivity index (χ0n) is 37.1. The number of Topliss-reactive ketones (excluding diaryl/α,β-unsaturated/α-hetero) is 1. The van der Waals surface area contributed by atoms with E-state index in [0.717, 1.165) is 36.9 Å². The number of halogens is 1. The summed E-state index contributed by atoms with van der Waals surface area (Å²) in [5.41, 5.74) is 8.80. The second-order valence-electron chi connectivity index (χ2n) is 16.9. The fourth-order valence-electron chi connectivity index (χ4n) is 7.06. The molecule has 3 N–H and O–H groups in total. The standard InChI is InChI=1S/C52H56ClN5O5/c1-8-11-29-58(50(62)34-17-13-12-14-18-34)38-25-22-36(23-26-38)56-57-44-32-41(48(60)40-20-16-15-19-39(40)44)49(61)55-45-31-37(24-27-43(45)53)54-47(59)33-63-46-28-21-35(51(4,5)9-2)30-42(46)52(6,7)10-3/h12-28,30-32,56H,8-11,29,33H2,1-7H3,(H,54,59)(H,55,61). The fraction of sp³-hybridized carbons (Fsp3) is 0.288. The van der Waals surface area contributed by atoms with Crippen LogP contribution in [-0.2, 0) is 20.4 Å². The van der Waals surface area contributed by atoms with E-state index in [1.807, 2.05) is 60.7 Å². The number of amides is 3. The third-order valence-electron chi connectivity index (χ3n) is 11.8. The van der Waals surface area contributed by atoms with Gasteiger partial charge in [0.15, 0.2) is 12.4 Å². The van der Waals surface area contributed by atoms with Crippen molar-refractivity contribution in [2.45, 2.75) is 85.0 Å². The van der Waals surface area contributed by atoms with Crippen LogP contribution in [-0.4, -0.2) is 42.4 Å². The number of ketones is 1. The first kappa shape index (κ1) is 46.0. The number of rotatable bonds is 17. The van der Waals surface area contributed by atoms with Crippen molar-refractivity contribution in [3.8, 4) is 5.75 Å². The van der Waals surface area contributed by atoms with E-state index in [0.29, 0.717) is 46.1 Å². The maximum Gasteiger partial charge on any atom is 0.262 e. The zero-order chi connectivity index (χ0) is 45.3. The summed E-state index contributed by atoms with van der Waals surface area (Å²) in [6.07, 6.45) is 5.10. The van der Waals surface area contributed by atoms with E-state index in [4.69, 9.17) is 16.3 Å². The van der Waals surface area contributed by atoms with E-state index in [2.05, 4.69) is 81.8 Å². The highest BCUT2D eigenvalue weighted by molar-refractivity contribution is 6.38. The monoisotopic (exact) mass is 865 g/mol. The molecule has 5 aromatic carbocycles. The smallest absolute Gasteiger partial charge is 0.262 e. The van der Waals surface area contributed by atoms with Gasteiger partial charge in [0, 0.05) is 40.2 Å². The molecule has 5 aromatic rings. The van der Waals surface area contributed by atoms with E-state index >= 15 is 0 Å². The van der Waals surface area contributed by atoms with E-state index in [1.165, 1.54) is 17.7 Å². The van der Waals surface area contributed by atoms with Crippen molar-refractivity contribution in [3.63, 3.8) is 0 Å². The van der Waals surface area contributed by atoms with Gasteiger partial charge in [-0.15, -0.1) is 0 Å². The Morgan fingerprint density at radius 2 is 1.41 bits per heavy atom. The zero-order valence-corrected chi connectivity index (χ0v) is 37.9. The van der Waals surface area contributed by atoms with Crippen molar-refractivity contribution in [3.05, 3.63) is 160 Å². The highest BCUT2D eigenvalue weighted by Crippen LogP contribution is 2.39. The average molecular weight is 867 g/mol. The summed E-state index contributed by atoms with van der Waals surface area (Å²) in [5, 5.41) is 10.4. The molecule has 0 atom stereocenters. The highest BCUT2D eigenvalue weighted by Gasteiger charge is 2.30. The van der Waals surface area contributed by atoms with Crippen LogP contribution in [0.25, 0.3) is 0 Å². The van der Waals surface area contributed by atoms with E-state index in [9.17, 15) is 19.2 Å². The molecule has 1 aliphatic carbocycles. The first-order chi connectivity index (χ1) is 30.1. The van der Waals surface area contributed by atoms with Gasteiger partial charge in [0.1, 0.15) is 5.75 Å². The van der Waals surface area contributed by atoms with Crippen molar-refractivity contribution in [2.75, 3.05) is 34.1 Å². The van der Waals surface area contributed by atoms with Gasteiger partial charge in [0.25, 0.3) is 17.7 Å². The van der Waals surface area contributed by atoms with Crippen LogP contribution in [0.1, 0.15) is 112 Å². The van der Waals surface area contributed by atoms with Gasteiger partial charge in [-0.3, -0.25) is 24.6 Å². The summed E-state index contributed by atoms with van der Waals surface area (Å²) in [4.78, 5) is 56.0. The molecule has 0 bridgehead atoms. The predicted molar refractivity (Wildman–Crippen MR) is 256 cm³/mol. The number of allylic oxidation sites excluding steroid dienone is 1. The fourth-order valence-corrected chi connectivity index (χ4v) is 7.23. The molecule has 0 radical (unpaired) electrons. The van der Waals surface area contributed by atoms with Gasteiger partial charge in [-0.05, 0) is 102 Å². The Hall–Kier alpha value is -6.52.